The van der Waals surface area contributed by atoms with Crippen LogP contribution < -0.4 is 5.32 Å². The van der Waals surface area contributed by atoms with Crippen LogP contribution in [0.25, 0.3) is 0 Å². The largest absolute Gasteiger partial charge is 0.392 e. The second-order valence-electron chi connectivity index (χ2n) is 5.65. The van der Waals surface area contributed by atoms with E-state index in [4.69, 9.17) is 0 Å². The third-order valence-corrected chi connectivity index (χ3v) is 3.54. The topological polar surface area (TPSA) is 50.1 Å². The van der Waals surface area contributed by atoms with Crippen molar-refractivity contribution in [2.75, 3.05) is 6.54 Å². The Morgan fingerprint density at radius 1 is 1.33 bits per heavy atom. The first kappa shape index (κ1) is 15.7. The Kier molecular flexibility index (Phi) is 5.09. The second kappa shape index (κ2) is 6.83. The molecule has 0 radical (unpaired) electrons. The zero-order valence-electron chi connectivity index (χ0n) is 12.6. The Bertz CT molecular complexity index is 582. The number of halogens is 1. The number of aliphatic hydroxyl groups excluding tert-OH is 1. The normalized spacial score (nSPS) is 14.4. The number of aliphatic hydroxyl groups is 1. The number of nitrogens with zero attached hydrogens (tertiary/aromatic N) is 2. The van der Waals surface area contributed by atoms with Gasteiger partial charge in [0.2, 0.25) is 0 Å². The van der Waals surface area contributed by atoms with E-state index in [1.165, 1.54) is 12.1 Å². The number of hydrogen-bond donors (Lipinski definition) is 2. The van der Waals surface area contributed by atoms with Gasteiger partial charge in [-0.15, -0.1) is 0 Å². The predicted molar refractivity (Wildman–Crippen MR) is 80.3 cm³/mol. The summed E-state index contributed by atoms with van der Waals surface area (Å²) in [6, 6.07) is 6.30. The number of benzene rings is 1. The monoisotopic (exact) mass is 291 g/mol. The maximum Gasteiger partial charge on any atom is 0.123 e. The number of rotatable bonds is 6. The first-order valence-electron chi connectivity index (χ1n) is 7.13. The van der Waals surface area contributed by atoms with Gasteiger partial charge < -0.3 is 10.4 Å². The molecule has 0 aliphatic heterocycles. The summed E-state index contributed by atoms with van der Waals surface area (Å²) < 4.78 is 15.2. The molecule has 0 fully saturated rings. The zero-order valence-corrected chi connectivity index (χ0v) is 12.6. The molecule has 0 saturated carbocycles. The molecule has 2 aromatic rings. The summed E-state index contributed by atoms with van der Waals surface area (Å²) in [6.45, 7) is 4.37. The molecule has 5 heteroatoms. The van der Waals surface area contributed by atoms with E-state index in [1.807, 2.05) is 33.2 Å². The minimum Gasteiger partial charge on any atom is -0.392 e. The molecule has 0 aliphatic rings. The van der Waals surface area contributed by atoms with Gasteiger partial charge in [-0.2, -0.15) is 5.10 Å². The molecule has 2 atom stereocenters. The number of nitrogens with one attached hydrogen (secondary N) is 1. The third kappa shape index (κ3) is 4.12. The summed E-state index contributed by atoms with van der Waals surface area (Å²) in [5, 5.41) is 17.4. The molecule has 2 unspecified atom stereocenters. The molecule has 2 rings (SSSR count). The van der Waals surface area contributed by atoms with Crippen molar-refractivity contribution in [1.29, 1.82) is 0 Å². The molecule has 1 aromatic carbocycles. The summed E-state index contributed by atoms with van der Waals surface area (Å²) in [7, 11) is 1.84. The van der Waals surface area contributed by atoms with E-state index in [9.17, 15) is 9.50 Å². The maximum absolute atomic E-state index is 13.5. The van der Waals surface area contributed by atoms with E-state index in [0.717, 1.165) is 11.1 Å². The van der Waals surface area contributed by atoms with Crippen LogP contribution in [0, 0.1) is 11.7 Å². The second-order valence-corrected chi connectivity index (χ2v) is 5.65. The van der Waals surface area contributed by atoms with Gasteiger partial charge in [0.25, 0.3) is 0 Å². The molecule has 1 aromatic heterocycles. The molecule has 0 amide bonds. The van der Waals surface area contributed by atoms with Crippen molar-refractivity contribution >= 4 is 0 Å². The summed E-state index contributed by atoms with van der Waals surface area (Å²) >= 11 is 0. The van der Waals surface area contributed by atoms with Gasteiger partial charge in [0, 0.05) is 25.4 Å². The molecule has 0 aliphatic carbocycles. The van der Waals surface area contributed by atoms with Gasteiger partial charge in [-0.05, 0) is 23.6 Å². The van der Waals surface area contributed by atoms with E-state index in [1.54, 1.807) is 16.9 Å². The smallest absolute Gasteiger partial charge is 0.123 e. The van der Waals surface area contributed by atoms with Crippen molar-refractivity contribution in [3.8, 4) is 0 Å². The molecular formula is C16H22FN3O. The van der Waals surface area contributed by atoms with Crippen LogP contribution in [0.2, 0.25) is 0 Å². The fourth-order valence-corrected chi connectivity index (χ4v) is 2.18. The Labute approximate surface area is 124 Å². The van der Waals surface area contributed by atoms with Crippen molar-refractivity contribution in [2.45, 2.75) is 26.0 Å². The highest BCUT2D eigenvalue weighted by Gasteiger charge is 2.18. The number of hydrogen-bond acceptors (Lipinski definition) is 3. The molecule has 0 saturated heterocycles. The van der Waals surface area contributed by atoms with E-state index < -0.39 is 6.10 Å². The van der Waals surface area contributed by atoms with Crippen molar-refractivity contribution in [3.63, 3.8) is 0 Å². The Hall–Kier alpha value is -1.72. The highest BCUT2D eigenvalue weighted by atomic mass is 19.1. The maximum atomic E-state index is 13.5. The minimum atomic E-state index is -0.447. The van der Waals surface area contributed by atoms with Gasteiger partial charge in [0.15, 0.2) is 0 Å². The van der Waals surface area contributed by atoms with Crippen LogP contribution in [0.5, 0.6) is 0 Å². The predicted octanol–water partition coefficient (Wildman–Crippen LogP) is 2.26. The molecular weight excluding hydrogens is 269 g/mol. The van der Waals surface area contributed by atoms with Crippen LogP contribution in [0.1, 0.15) is 31.0 Å². The molecule has 1 heterocycles. The fourth-order valence-electron chi connectivity index (χ4n) is 2.18. The highest BCUT2D eigenvalue weighted by molar-refractivity contribution is 5.29. The summed E-state index contributed by atoms with van der Waals surface area (Å²) in [5.74, 6) is -0.104. The minimum absolute atomic E-state index is 0.166. The molecule has 21 heavy (non-hydrogen) atoms. The summed E-state index contributed by atoms with van der Waals surface area (Å²) in [4.78, 5) is 0. The number of aryl methyl sites for hydroxylation is 1. The van der Waals surface area contributed by atoms with Crippen molar-refractivity contribution in [3.05, 3.63) is 53.6 Å². The van der Waals surface area contributed by atoms with Crippen LogP contribution in [0.3, 0.4) is 0 Å². The average molecular weight is 291 g/mol. The van der Waals surface area contributed by atoms with Gasteiger partial charge in [-0.3, -0.25) is 4.68 Å². The molecule has 0 spiro atoms. The SMILES string of the molecule is CC(C)C(O)CNC(c1cccc(F)c1)c1cnn(C)c1. The van der Waals surface area contributed by atoms with Crippen LogP contribution in [-0.2, 0) is 7.05 Å². The van der Waals surface area contributed by atoms with Crippen LogP contribution in [0.4, 0.5) is 4.39 Å². The summed E-state index contributed by atoms with van der Waals surface area (Å²) in [5.41, 5.74) is 1.76. The van der Waals surface area contributed by atoms with Crippen LogP contribution >= 0.6 is 0 Å². The van der Waals surface area contributed by atoms with Gasteiger partial charge >= 0.3 is 0 Å². The first-order chi connectivity index (χ1) is 9.97. The van der Waals surface area contributed by atoms with E-state index in [-0.39, 0.29) is 17.8 Å². The lowest BCUT2D eigenvalue weighted by Crippen LogP contribution is -2.33. The van der Waals surface area contributed by atoms with Gasteiger partial charge in [-0.25, -0.2) is 4.39 Å². The van der Waals surface area contributed by atoms with Gasteiger partial charge in [0.05, 0.1) is 18.3 Å². The van der Waals surface area contributed by atoms with Crippen molar-refractivity contribution in [1.82, 2.24) is 15.1 Å². The summed E-state index contributed by atoms with van der Waals surface area (Å²) in [6.07, 6.45) is 3.20. The van der Waals surface area contributed by atoms with Crippen molar-refractivity contribution in [2.24, 2.45) is 13.0 Å². The van der Waals surface area contributed by atoms with Gasteiger partial charge in [0.1, 0.15) is 5.82 Å². The molecule has 4 nitrogen and oxygen atoms in total. The lowest BCUT2D eigenvalue weighted by atomic mass is 10.00. The van der Waals surface area contributed by atoms with E-state index >= 15 is 0 Å². The Morgan fingerprint density at radius 3 is 2.67 bits per heavy atom. The lowest BCUT2D eigenvalue weighted by Gasteiger charge is -2.22. The van der Waals surface area contributed by atoms with Crippen LogP contribution in [-0.4, -0.2) is 27.5 Å². The van der Waals surface area contributed by atoms with Gasteiger partial charge in [-0.1, -0.05) is 26.0 Å². The van der Waals surface area contributed by atoms with Crippen LogP contribution in [0.15, 0.2) is 36.7 Å². The first-order valence-corrected chi connectivity index (χ1v) is 7.13. The highest BCUT2D eigenvalue weighted by Crippen LogP contribution is 2.22. The van der Waals surface area contributed by atoms with Crippen molar-refractivity contribution < 1.29 is 9.50 Å². The fraction of sp³-hybridized carbons (Fsp3) is 0.438. The molecule has 0 bridgehead atoms. The van der Waals surface area contributed by atoms with E-state index in [0.29, 0.717) is 6.54 Å². The Balaban J connectivity index is 2.22. The third-order valence-electron chi connectivity index (χ3n) is 3.54. The standard InChI is InChI=1S/C16H22FN3O/c1-11(2)15(21)9-18-16(13-8-19-20(3)10-13)12-5-4-6-14(17)7-12/h4-8,10-11,15-16,18,21H,9H2,1-3H3. The number of aromatic nitrogens is 2. The molecule has 2 N–H and O–H groups in total. The lowest BCUT2D eigenvalue weighted by molar-refractivity contribution is 0.121. The Morgan fingerprint density at radius 2 is 2.10 bits per heavy atom. The zero-order chi connectivity index (χ0) is 15.4. The van der Waals surface area contributed by atoms with E-state index in [2.05, 4.69) is 10.4 Å². The molecule has 114 valence electrons. The quantitative estimate of drug-likeness (QED) is 0.858. The average Bonchev–Trinajstić information content (AvgIpc) is 2.85.